The van der Waals surface area contributed by atoms with Gasteiger partial charge in [0.2, 0.25) is 0 Å². The van der Waals surface area contributed by atoms with E-state index in [4.69, 9.17) is 10.5 Å². The molecule has 5 heteroatoms. The second kappa shape index (κ2) is 9.42. The zero-order valence-electron chi connectivity index (χ0n) is 14.8. The summed E-state index contributed by atoms with van der Waals surface area (Å²) in [5.41, 5.74) is 6.22. The minimum Gasteiger partial charge on any atom is -0.494 e. The third-order valence-electron chi connectivity index (χ3n) is 4.03. The molecule has 0 aliphatic carbocycles. The zero-order chi connectivity index (χ0) is 17.3. The molecule has 1 aromatic rings. The van der Waals surface area contributed by atoms with Crippen LogP contribution in [0, 0.1) is 0 Å². The van der Waals surface area contributed by atoms with E-state index in [0.717, 1.165) is 31.6 Å². The molecule has 132 valence electrons. The maximum Gasteiger partial charge on any atom is 0.119 e. The standard InChI is InChI=1S/C18H33NO3Si/c1-23(2,3)13-5-12-22-17-9-7-16(8-10-17)6-4-11-18(19,14-20)15-21/h7-10,20-21H,4-6,11-15,19H2,1-3H3. The van der Waals surface area contributed by atoms with Gasteiger partial charge in [0.25, 0.3) is 0 Å². The summed E-state index contributed by atoms with van der Waals surface area (Å²) >= 11 is 0. The van der Waals surface area contributed by atoms with E-state index in [-0.39, 0.29) is 13.2 Å². The SMILES string of the molecule is C[Si](C)(C)CCCOc1ccc(CCCC(N)(CO)CO)cc1. The molecule has 0 aromatic heterocycles. The molecule has 0 aliphatic rings. The van der Waals surface area contributed by atoms with Crippen molar-refractivity contribution in [2.75, 3.05) is 19.8 Å². The van der Waals surface area contributed by atoms with Crippen LogP contribution in [0.2, 0.25) is 25.7 Å². The molecule has 1 rings (SSSR count). The first-order valence-corrected chi connectivity index (χ1v) is 12.2. The second-order valence-corrected chi connectivity index (χ2v) is 13.3. The summed E-state index contributed by atoms with van der Waals surface area (Å²) in [6.45, 7) is 7.55. The van der Waals surface area contributed by atoms with Crippen molar-refractivity contribution in [1.82, 2.24) is 0 Å². The van der Waals surface area contributed by atoms with Gasteiger partial charge >= 0.3 is 0 Å². The van der Waals surface area contributed by atoms with Crippen LogP contribution < -0.4 is 10.5 Å². The van der Waals surface area contributed by atoms with Gasteiger partial charge in [-0.1, -0.05) is 37.8 Å². The van der Waals surface area contributed by atoms with E-state index in [9.17, 15) is 10.2 Å². The van der Waals surface area contributed by atoms with Crippen LogP contribution in [-0.2, 0) is 6.42 Å². The second-order valence-electron chi connectivity index (χ2n) is 7.69. The van der Waals surface area contributed by atoms with Gasteiger partial charge < -0.3 is 20.7 Å². The molecule has 23 heavy (non-hydrogen) atoms. The zero-order valence-corrected chi connectivity index (χ0v) is 15.8. The Morgan fingerprint density at radius 3 is 2.17 bits per heavy atom. The molecular formula is C18H33NO3Si. The Morgan fingerprint density at radius 1 is 1.04 bits per heavy atom. The predicted octanol–water partition coefficient (Wildman–Crippen LogP) is 2.80. The first kappa shape index (κ1) is 20.2. The molecule has 0 unspecified atom stereocenters. The number of rotatable bonds is 11. The van der Waals surface area contributed by atoms with Crippen LogP contribution in [0.1, 0.15) is 24.8 Å². The van der Waals surface area contributed by atoms with Crippen molar-refractivity contribution in [3.63, 3.8) is 0 Å². The van der Waals surface area contributed by atoms with Crippen molar-refractivity contribution >= 4 is 8.07 Å². The van der Waals surface area contributed by atoms with E-state index in [1.165, 1.54) is 11.6 Å². The van der Waals surface area contributed by atoms with Gasteiger partial charge in [-0.05, 0) is 43.4 Å². The third-order valence-corrected chi connectivity index (χ3v) is 5.89. The summed E-state index contributed by atoms with van der Waals surface area (Å²) < 4.78 is 5.79. The molecular weight excluding hydrogens is 306 g/mol. The van der Waals surface area contributed by atoms with Crippen LogP contribution >= 0.6 is 0 Å². The van der Waals surface area contributed by atoms with Gasteiger partial charge in [0.15, 0.2) is 0 Å². The molecule has 0 radical (unpaired) electrons. The van der Waals surface area contributed by atoms with Crippen molar-refractivity contribution in [3.8, 4) is 5.75 Å². The van der Waals surface area contributed by atoms with E-state index >= 15 is 0 Å². The normalized spacial score (nSPS) is 12.4. The number of ether oxygens (including phenoxy) is 1. The Bertz CT molecular complexity index is 439. The van der Waals surface area contributed by atoms with Crippen LogP contribution in [0.3, 0.4) is 0 Å². The Kier molecular flexibility index (Phi) is 8.26. The molecule has 0 fully saturated rings. The van der Waals surface area contributed by atoms with E-state index in [2.05, 4.69) is 31.8 Å². The number of hydrogen-bond donors (Lipinski definition) is 3. The smallest absolute Gasteiger partial charge is 0.119 e. The molecule has 0 saturated heterocycles. The van der Waals surface area contributed by atoms with Gasteiger partial charge in [-0.2, -0.15) is 0 Å². The van der Waals surface area contributed by atoms with Gasteiger partial charge in [0.05, 0.1) is 25.4 Å². The third kappa shape index (κ3) is 8.51. The lowest BCUT2D eigenvalue weighted by Gasteiger charge is -2.24. The van der Waals surface area contributed by atoms with Crippen LogP contribution in [0.5, 0.6) is 5.75 Å². The summed E-state index contributed by atoms with van der Waals surface area (Å²) in [6, 6.07) is 9.46. The number of aliphatic hydroxyl groups is 2. The Balaban J connectivity index is 2.31. The van der Waals surface area contributed by atoms with Gasteiger partial charge in [-0.15, -0.1) is 0 Å². The number of aryl methyl sites for hydroxylation is 1. The molecule has 4 nitrogen and oxygen atoms in total. The van der Waals surface area contributed by atoms with Crippen molar-refractivity contribution < 1.29 is 14.9 Å². The van der Waals surface area contributed by atoms with E-state index in [0.29, 0.717) is 6.42 Å². The summed E-state index contributed by atoms with van der Waals surface area (Å²) in [5.74, 6) is 0.920. The summed E-state index contributed by atoms with van der Waals surface area (Å²) in [4.78, 5) is 0. The fourth-order valence-corrected chi connectivity index (χ4v) is 3.60. The number of aliphatic hydroxyl groups excluding tert-OH is 2. The molecule has 0 amide bonds. The maximum atomic E-state index is 9.17. The lowest BCUT2D eigenvalue weighted by molar-refractivity contribution is 0.113. The lowest BCUT2D eigenvalue weighted by Crippen LogP contribution is -2.47. The Labute approximate surface area is 141 Å². The Morgan fingerprint density at radius 2 is 1.65 bits per heavy atom. The highest BCUT2D eigenvalue weighted by atomic mass is 28.3. The average Bonchev–Trinajstić information content (AvgIpc) is 2.52. The number of hydrogen-bond acceptors (Lipinski definition) is 4. The van der Waals surface area contributed by atoms with Crippen LogP contribution in [0.15, 0.2) is 24.3 Å². The molecule has 1 aromatic carbocycles. The molecule has 0 saturated carbocycles. The number of benzene rings is 1. The molecule has 0 heterocycles. The summed E-state index contributed by atoms with van der Waals surface area (Å²) in [5, 5.41) is 18.3. The molecule has 0 spiro atoms. The van der Waals surface area contributed by atoms with Gasteiger partial charge in [-0.3, -0.25) is 0 Å². The fraction of sp³-hybridized carbons (Fsp3) is 0.667. The van der Waals surface area contributed by atoms with Crippen LogP contribution in [0.4, 0.5) is 0 Å². The largest absolute Gasteiger partial charge is 0.494 e. The minimum atomic E-state index is -0.967. The maximum absolute atomic E-state index is 9.17. The van der Waals surface area contributed by atoms with E-state index in [1.54, 1.807) is 0 Å². The summed E-state index contributed by atoms with van der Waals surface area (Å²) in [7, 11) is -0.967. The Hall–Kier alpha value is -0.883. The van der Waals surface area contributed by atoms with Crippen molar-refractivity contribution in [1.29, 1.82) is 0 Å². The van der Waals surface area contributed by atoms with Crippen molar-refractivity contribution in [3.05, 3.63) is 29.8 Å². The van der Waals surface area contributed by atoms with Crippen LogP contribution in [-0.4, -0.2) is 43.6 Å². The topological polar surface area (TPSA) is 75.7 Å². The highest BCUT2D eigenvalue weighted by Gasteiger charge is 2.22. The van der Waals surface area contributed by atoms with Crippen LogP contribution in [0.25, 0.3) is 0 Å². The number of nitrogens with two attached hydrogens (primary N) is 1. The molecule has 0 aliphatic heterocycles. The first-order valence-electron chi connectivity index (χ1n) is 8.50. The molecule has 0 bridgehead atoms. The average molecular weight is 340 g/mol. The minimum absolute atomic E-state index is 0.187. The van der Waals surface area contributed by atoms with Gasteiger partial charge in [-0.25, -0.2) is 0 Å². The quantitative estimate of drug-likeness (QED) is 0.428. The first-order chi connectivity index (χ1) is 10.8. The van der Waals surface area contributed by atoms with Gasteiger partial charge in [0, 0.05) is 8.07 Å². The van der Waals surface area contributed by atoms with E-state index in [1.807, 2.05) is 12.1 Å². The lowest BCUT2D eigenvalue weighted by atomic mass is 9.94. The van der Waals surface area contributed by atoms with E-state index < -0.39 is 13.6 Å². The predicted molar refractivity (Wildman–Crippen MR) is 98.7 cm³/mol. The van der Waals surface area contributed by atoms with Crippen molar-refractivity contribution in [2.24, 2.45) is 5.73 Å². The van der Waals surface area contributed by atoms with Crippen molar-refractivity contribution in [2.45, 2.75) is 56.9 Å². The van der Waals surface area contributed by atoms with Gasteiger partial charge in [0.1, 0.15) is 5.75 Å². The fourth-order valence-electron chi connectivity index (χ4n) is 2.40. The monoisotopic (exact) mass is 339 g/mol. The summed E-state index contributed by atoms with van der Waals surface area (Å²) in [6.07, 6.45) is 3.45. The molecule has 0 atom stereocenters. The highest BCUT2D eigenvalue weighted by molar-refractivity contribution is 6.76. The highest BCUT2D eigenvalue weighted by Crippen LogP contribution is 2.17. The molecule has 4 N–H and O–H groups in total.